The first-order valence-electron chi connectivity index (χ1n) is 9.77. The minimum atomic E-state index is -4.80. The number of pyridine rings is 1. The largest absolute Gasteiger partial charge is 0.369 e. The number of Topliss-reactive ketones (excluding diaryl/α,β-unsaturated/α-hetero) is 1. The predicted molar refractivity (Wildman–Crippen MR) is 96.4 cm³/mol. The fourth-order valence-corrected chi connectivity index (χ4v) is 3.74. The third-order valence-electron chi connectivity index (χ3n) is 3.90. The van der Waals surface area contributed by atoms with Crippen LogP contribution in [0, 0.1) is 12.3 Å². The van der Waals surface area contributed by atoms with E-state index in [4.69, 9.17) is 9.85 Å². The third-order valence-corrected chi connectivity index (χ3v) is 5.55. The molecule has 2 amide bonds. The summed E-state index contributed by atoms with van der Waals surface area (Å²) < 4.78 is 50.9. The predicted octanol–water partition coefficient (Wildman–Crippen LogP) is -0.364. The van der Waals surface area contributed by atoms with Crippen LogP contribution in [0.4, 0.5) is 0 Å². The van der Waals surface area contributed by atoms with Gasteiger partial charge in [0.2, 0.25) is 11.8 Å². The topological polar surface area (TPSA) is 140 Å². The van der Waals surface area contributed by atoms with Gasteiger partial charge in [-0.15, -0.1) is 0 Å². The molecule has 1 saturated heterocycles. The molecule has 1 unspecified atom stereocenters. The van der Waals surface area contributed by atoms with E-state index in [1.54, 1.807) is 0 Å². The van der Waals surface area contributed by atoms with Gasteiger partial charge >= 0.3 is 0 Å². The Morgan fingerprint density at radius 3 is 2.93 bits per heavy atom. The highest BCUT2D eigenvalue weighted by Crippen LogP contribution is 2.22. The zero-order valence-electron chi connectivity index (χ0n) is 17.7. The van der Waals surface area contributed by atoms with Crippen LogP contribution in [0.1, 0.15) is 30.3 Å². The monoisotopic (exact) mass is 398 g/mol. The Kier molecular flexibility index (Phi) is 5.63. The zero-order valence-corrected chi connectivity index (χ0v) is 15.5. The van der Waals surface area contributed by atoms with Crippen LogP contribution in [0.2, 0.25) is 0 Å². The first-order chi connectivity index (χ1) is 13.8. The molecule has 9 nitrogen and oxygen atoms in total. The maximum atomic E-state index is 13.2. The molecular weight excluding hydrogens is 372 g/mol. The van der Waals surface area contributed by atoms with Gasteiger partial charge in [0.25, 0.3) is 10.0 Å². The maximum absolute atomic E-state index is 13.2. The lowest BCUT2D eigenvalue weighted by molar-refractivity contribution is -0.131. The smallest absolute Gasteiger partial charge is 0.284 e. The van der Waals surface area contributed by atoms with Crippen LogP contribution in [0.5, 0.6) is 0 Å². The minimum absolute atomic E-state index is 0.00740. The van der Waals surface area contributed by atoms with Crippen molar-refractivity contribution >= 4 is 27.6 Å². The quantitative estimate of drug-likeness (QED) is 0.639. The fraction of sp³-hybridized carbons (Fsp3) is 0.471. The molecule has 3 N–H and O–H groups in total. The lowest BCUT2D eigenvalue weighted by Crippen LogP contribution is -2.50. The Bertz CT molecular complexity index is 929. The van der Waals surface area contributed by atoms with Crippen molar-refractivity contribution in [2.45, 2.75) is 37.2 Å². The number of nitrogens with two attached hydrogens (primary N) is 1. The zero-order chi connectivity index (χ0) is 22.7. The van der Waals surface area contributed by atoms with Crippen molar-refractivity contribution < 1.29 is 26.9 Å². The first-order valence-corrected chi connectivity index (χ1v) is 9.71. The molecule has 1 aromatic heterocycles. The summed E-state index contributed by atoms with van der Waals surface area (Å²) in [6.45, 7) is -1.29. The number of amides is 2. The lowest BCUT2D eigenvalue weighted by Gasteiger charge is -2.29. The molecule has 1 radical (unpaired) electrons. The molecule has 1 aliphatic heterocycles. The van der Waals surface area contributed by atoms with E-state index in [0.717, 1.165) is 12.5 Å². The van der Waals surface area contributed by atoms with Crippen LogP contribution in [-0.2, 0) is 24.4 Å². The molecule has 0 bridgehead atoms. The Hall–Kier alpha value is -2.33. The Morgan fingerprint density at radius 1 is 1.56 bits per heavy atom. The van der Waals surface area contributed by atoms with E-state index in [1.807, 2.05) is 0 Å². The molecule has 27 heavy (non-hydrogen) atoms. The molecule has 1 aliphatic rings. The van der Waals surface area contributed by atoms with Gasteiger partial charge in [0.15, 0.2) is 10.8 Å². The number of primary amides is 1. The maximum Gasteiger partial charge on any atom is 0.284 e. The van der Waals surface area contributed by atoms with Crippen molar-refractivity contribution in [2.75, 3.05) is 13.0 Å². The van der Waals surface area contributed by atoms with Crippen molar-refractivity contribution in [3.05, 3.63) is 30.8 Å². The summed E-state index contributed by atoms with van der Waals surface area (Å²) >= 11 is 0. The lowest BCUT2D eigenvalue weighted by atomic mass is 10.0. The summed E-state index contributed by atoms with van der Waals surface area (Å²) in [6, 6.07) is 1.14. The molecule has 0 aromatic carbocycles. The average molecular weight is 398 g/mol. The van der Waals surface area contributed by atoms with Crippen LogP contribution in [0.25, 0.3) is 0 Å². The Morgan fingerprint density at radius 2 is 2.30 bits per heavy atom. The number of ketones is 1. The third kappa shape index (κ3) is 5.10. The van der Waals surface area contributed by atoms with E-state index in [9.17, 15) is 22.8 Å². The van der Waals surface area contributed by atoms with E-state index < -0.39 is 57.5 Å². The van der Waals surface area contributed by atoms with Gasteiger partial charge in [-0.1, -0.05) is 13.0 Å². The number of hydrogen-bond donors (Lipinski definition) is 2. The van der Waals surface area contributed by atoms with Crippen molar-refractivity contribution in [3.63, 3.8) is 0 Å². The molecule has 147 valence electrons. The van der Waals surface area contributed by atoms with Crippen LogP contribution in [0.3, 0.4) is 0 Å². The minimum Gasteiger partial charge on any atom is -0.369 e. The first kappa shape index (κ1) is 16.8. The Balaban J connectivity index is 2.57. The van der Waals surface area contributed by atoms with Crippen molar-refractivity contribution in [1.29, 1.82) is 0 Å². The fourth-order valence-electron chi connectivity index (χ4n) is 2.33. The SMILES string of the molecule is [2H]C1([2H])NCCC[C@]([2H])(N(C(=O)[CH]CC(C)C(N)=O)S(=O)(=O)c2ccccn2)C1=O. The summed E-state index contributed by atoms with van der Waals surface area (Å²) in [4.78, 5) is 40.8. The van der Waals surface area contributed by atoms with Gasteiger partial charge in [-0.2, -0.15) is 8.42 Å². The van der Waals surface area contributed by atoms with Crippen molar-refractivity contribution in [2.24, 2.45) is 11.7 Å². The normalized spacial score (nSPS) is 25.4. The van der Waals surface area contributed by atoms with Gasteiger partial charge in [0.1, 0.15) is 6.02 Å². The summed E-state index contributed by atoms with van der Waals surface area (Å²) in [5, 5.41) is 1.74. The molecule has 1 fully saturated rings. The molecule has 1 aromatic rings. The molecule has 0 spiro atoms. The second-order valence-electron chi connectivity index (χ2n) is 5.95. The number of aromatic nitrogens is 1. The van der Waals surface area contributed by atoms with E-state index in [1.165, 1.54) is 25.3 Å². The van der Waals surface area contributed by atoms with Gasteiger partial charge < -0.3 is 11.1 Å². The molecule has 2 atom stereocenters. The van der Waals surface area contributed by atoms with Crippen LogP contribution < -0.4 is 11.1 Å². The molecule has 0 saturated carbocycles. The summed E-state index contributed by atoms with van der Waals surface area (Å²) in [7, 11) is -4.80. The molecule has 10 heteroatoms. The van der Waals surface area contributed by atoms with Gasteiger partial charge in [0.05, 0.1) is 17.0 Å². The summed E-state index contributed by atoms with van der Waals surface area (Å²) in [6.07, 6.45) is 1.44. The van der Waals surface area contributed by atoms with E-state index in [2.05, 4.69) is 10.3 Å². The molecular formula is C17H23N4O5S. The van der Waals surface area contributed by atoms with Gasteiger partial charge in [-0.3, -0.25) is 14.4 Å². The van der Waals surface area contributed by atoms with E-state index in [-0.39, 0.29) is 23.7 Å². The second-order valence-corrected chi connectivity index (χ2v) is 7.68. The number of nitrogens with zero attached hydrogens (tertiary/aromatic N) is 2. The second kappa shape index (κ2) is 9.05. The van der Waals surface area contributed by atoms with Crippen molar-refractivity contribution in [1.82, 2.24) is 14.6 Å². The highest BCUT2D eigenvalue weighted by Gasteiger charge is 2.40. The number of sulfonamides is 1. The molecule has 2 heterocycles. The number of nitrogens with one attached hydrogen (secondary N) is 1. The number of hydrogen-bond acceptors (Lipinski definition) is 7. The molecule has 0 aliphatic carbocycles. The number of carbonyl (C=O) groups is 3. The Labute approximate surface area is 162 Å². The van der Waals surface area contributed by atoms with Gasteiger partial charge in [-0.05, 0) is 37.9 Å². The average Bonchev–Trinajstić information content (AvgIpc) is 2.78. The summed E-state index contributed by atoms with van der Waals surface area (Å²) in [5.74, 6) is -4.18. The van der Waals surface area contributed by atoms with Crippen LogP contribution in [0.15, 0.2) is 29.4 Å². The van der Waals surface area contributed by atoms with Crippen LogP contribution >= 0.6 is 0 Å². The van der Waals surface area contributed by atoms with Gasteiger partial charge in [0, 0.05) is 12.1 Å². The van der Waals surface area contributed by atoms with Crippen molar-refractivity contribution in [3.8, 4) is 0 Å². The van der Waals surface area contributed by atoms with Gasteiger partial charge in [-0.25, -0.2) is 9.29 Å². The van der Waals surface area contributed by atoms with E-state index >= 15 is 0 Å². The number of carbonyl (C=O) groups excluding carboxylic acids is 3. The summed E-state index contributed by atoms with van der Waals surface area (Å²) in [5.41, 5.74) is 5.16. The standard InChI is InChI=1S/C17H23N4O5S/c1-12(17(18)24)7-8-16(23)21(13-5-4-9-19-11-14(13)22)27(25,26)15-6-2-3-10-20-15/h2-3,6,8,10,12-13,19H,4-5,7,9,11H2,1H3,(H2,18,24)/t12?,13-/m0/s1/i11D2,13D. The van der Waals surface area contributed by atoms with Crippen LogP contribution in [-0.4, -0.2) is 54.4 Å². The molecule has 2 rings (SSSR count). The highest BCUT2D eigenvalue weighted by atomic mass is 32.2. The highest BCUT2D eigenvalue weighted by molar-refractivity contribution is 7.89. The van der Waals surface area contributed by atoms with E-state index in [0.29, 0.717) is 0 Å². The number of rotatable bonds is 7.